The molecule has 5 heteroatoms. The number of imidazole rings is 1. The smallest absolute Gasteiger partial charge is 0.372 e. The van der Waals surface area contributed by atoms with Gasteiger partial charge in [0.15, 0.2) is 0 Å². The van der Waals surface area contributed by atoms with Crippen molar-refractivity contribution < 1.29 is 9.90 Å². The third kappa shape index (κ3) is 1.43. The fourth-order valence-corrected chi connectivity index (χ4v) is 2.06. The highest BCUT2D eigenvalue weighted by Gasteiger charge is 2.28. The molecule has 0 saturated carbocycles. The second-order valence-corrected chi connectivity index (χ2v) is 4.04. The molecule has 0 fully saturated rings. The Morgan fingerprint density at radius 2 is 2.20 bits per heavy atom. The van der Waals surface area contributed by atoms with Crippen LogP contribution in [0.25, 0.3) is 0 Å². The van der Waals surface area contributed by atoms with Crippen molar-refractivity contribution >= 4 is 5.97 Å². The summed E-state index contributed by atoms with van der Waals surface area (Å²) in [7, 11) is 3.80. The quantitative estimate of drug-likeness (QED) is 0.738. The molecular formula is C10H15N3O2. The first-order chi connectivity index (χ1) is 7.02. The summed E-state index contributed by atoms with van der Waals surface area (Å²) in [5.74, 6) is -0.816. The minimum Gasteiger partial charge on any atom is -0.475 e. The lowest BCUT2D eigenvalue weighted by molar-refractivity contribution is 0.0679. The Morgan fingerprint density at radius 3 is 2.80 bits per heavy atom. The van der Waals surface area contributed by atoms with Crippen molar-refractivity contribution in [3.8, 4) is 0 Å². The van der Waals surface area contributed by atoms with E-state index in [2.05, 4.69) is 16.8 Å². The zero-order valence-electron chi connectivity index (χ0n) is 9.19. The zero-order chi connectivity index (χ0) is 11.2. The molecule has 1 aliphatic rings. The first kappa shape index (κ1) is 10.2. The molecule has 1 aromatic rings. The van der Waals surface area contributed by atoms with E-state index in [1.165, 1.54) is 0 Å². The van der Waals surface area contributed by atoms with E-state index >= 15 is 0 Å². The molecule has 0 spiro atoms. The summed E-state index contributed by atoms with van der Waals surface area (Å²) in [6, 6.07) is 0.202. The Morgan fingerprint density at radius 1 is 1.53 bits per heavy atom. The maximum atomic E-state index is 10.9. The van der Waals surface area contributed by atoms with Crippen LogP contribution in [0.5, 0.6) is 0 Å². The second-order valence-electron chi connectivity index (χ2n) is 4.04. The van der Waals surface area contributed by atoms with E-state index in [4.69, 9.17) is 5.11 Å². The van der Waals surface area contributed by atoms with Crippen LogP contribution in [0, 0.1) is 0 Å². The number of carboxylic acid groups (broad SMARTS) is 1. The van der Waals surface area contributed by atoms with Gasteiger partial charge in [0.25, 0.3) is 0 Å². The van der Waals surface area contributed by atoms with Crippen LogP contribution in [-0.2, 0) is 13.5 Å². The number of fused-ring (bicyclic) bond motifs is 1. The highest BCUT2D eigenvalue weighted by atomic mass is 16.4. The Hall–Kier alpha value is -1.36. The van der Waals surface area contributed by atoms with Crippen molar-refractivity contribution in [1.29, 1.82) is 0 Å². The van der Waals surface area contributed by atoms with Crippen molar-refractivity contribution in [2.45, 2.75) is 19.4 Å². The fourth-order valence-electron chi connectivity index (χ4n) is 2.06. The van der Waals surface area contributed by atoms with Crippen molar-refractivity contribution in [3.63, 3.8) is 0 Å². The summed E-state index contributed by atoms with van der Waals surface area (Å²) >= 11 is 0. The molecule has 1 atom stereocenters. The number of hydrogen-bond donors (Lipinski definition) is 1. The number of rotatable bonds is 1. The van der Waals surface area contributed by atoms with E-state index in [0.717, 1.165) is 24.4 Å². The number of nitrogens with zero attached hydrogens (tertiary/aromatic N) is 3. The van der Waals surface area contributed by atoms with E-state index in [1.807, 2.05) is 7.05 Å². The molecule has 0 amide bonds. The largest absolute Gasteiger partial charge is 0.475 e. The van der Waals surface area contributed by atoms with Gasteiger partial charge in [-0.05, 0) is 14.0 Å². The second kappa shape index (κ2) is 3.34. The van der Waals surface area contributed by atoms with Crippen LogP contribution in [0.1, 0.15) is 35.0 Å². The lowest BCUT2D eigenvalue weighted by Gasteiger charge is -2.29. The van der Waals surface area contributed by atoms with Crippen molar-refractivity contribution in [2.24, 2.45) is 7.05 Å². The Labute approximate surface area is 88.3 Å². The third-order valence-corrected chi connectivity index (χ3v) is 3.19. The van der Waals surface area contributed by atoms with Gasteiger partial charge in [-0.25, -0.2) is 9.78 Å². The molecule has 82 valence electrons. The SMILES string of the molecule is CC1c2nc(C(=O)O)n(C)c2CCN1C. The molecule has 5 nitrogen and oxygen atoms in total. The zero-order valence-corrected chi connectivity index (χ0v) is 9.19. The molecule has 1 unspecified atom stereocenters. The van der Waals surface area contributed by atoms with Crippen molar-refractivity contribution in [3.05, 3.63) is 17.2 Å². The number of likely N-dealkylation sites (N-methyl/N-ethyl adjacent to an activating group) is 1. The summed E-state index contributed by atoms with van der Waals surface area (Å²) in [5.41, 5.74) is 1.96. The van der Waals surface area contributed by atoms with Gasteiger partial charge in [0, 0.05) is 25.7 Å². The molecule has 0 saturated heterocycles. The van der Waals surface area contributed by atoms with E-state index in [9.17, 15) is 4.79 Å². The molecule has 15 heavy (non-hydrogen) atoms. The topological polar surface area (TPSA) is 58.4 Å². The normalized spacial score (nSPS) is 21.4. The summed E-state index contributed by atoms with van der Waals surface area (Å²) in [6.45, 7) is 3.00. The van der Waals surface area contributed by atoms with Gasteiger partial charge in [-0.2, -0.15) is 0 Å². The monoisotopic (exact) mass is 209 g/mol. The highest BCUT2D eigenvalue weighted by Crippen LogP contribution is 2.27. The molecule has 0 radical (unpaired) electrons. The minimum absolute atomic E-state index is 0.141. The Kier molecular flexibility index (Phi) is 2.26. The van der Waals surface area contributed by atoms with Crippen LogP contribution < -0.4 is 0 Å². The van der Waals surface area contributed by atoms with Gasteiger partial charge in [0.05, 0.1) is 11.7 Å². The number of carbonyl (C=O) groups is 1. The average Bonchev–Trinajstić information content (AvgIpc) is 2.51. The highest BCUT2D eigenvalue weighted by molar-refractivity contribution is 5.83. The maximum Gasteiger partial charge on any atom is 0.372 e. The molecule has 2 rings (SSSR count). The lowest BCUT2D eigenvalue weighted by atomic mass is 10.1. The van der Waals surface area contributed by atoms with Gasteiger partial charge < -0.3 is 9.67 Å². The van der Waals surface area contributed by atoms with Crippen LogP contribution >= 0.6 is 0 Å². The van der Waals surface area contributed by atoms with Gasteiger partial charge in [0.2, 0.25) is 5.82 Å². The van der Waals surface area contributed by atoms with Crippen molar-refractivity contribution in [2.75, 3.05) is 13.6 Å². The Balaban J connectivity index is 2.52. The maximum absolute atomic E-state index is 10.9. The third-order valence-electron chi connectivity index (χ3n) is 3.19. The number of aromatic carboxylic acids is 1. The predicted octanol–water partition coefficient (Wildman–Crippen LogP) is 0.667. The van der Waals surface area contributed by atoms with Crippen LogP contribution in [-0.4, -0.2) is 39.1 Å². The molecule has 2 heterocycles. The van der Waals surface area contributed by atoms with E-state index < -0.39 is 5.97 Å². The van der Waals surface area contributed by atoms with Crippen LogP contribution in [0.4, 0.5) is 0 Å². The summed E-state index contributed by atoms with van der Waals surface area (Å²) in [4.78, 5) is 17.3. The van der Waals surface area contributed by atoms with E-state index in [0.29, 0.717) is 0 Å². The first-order valence-corrected chi connectivity index (χ1v) is 5.01. The van der Waals surface area contributed by atoms with Crippen LogP contribution in [0.2, 0.25) is 0 Å². The molecule has 0 aromatic carbocycles. The summed E-state index contributed by atoms with van der Waals surface area (Å²) < 4.78 is 1.70. The number of aromatic nitrogens is 2. The Bertz CT molecular complexity index is 411. The van der Waals surface area contributed by atoms with Gasteiger partial charge in [-0.3, -0.25) is 4.90 Å². The average molecular weight is 209 g/mol. The summed E-state index contributed by atoms with van der Waals surface area (Å²) in [6.07, 6.45) is 0.868. The van der Waals surface area contributed by atoms with Gasteiger partial charge in [-0.15, -0.1) is 0 Å². The minimum atomic E-state index is -0.957. The molecule has 0 aliphatic carbocycles. The first-order valence-electron chi connectivity index (χ1n) is 5.01. The summed E-state index contributed by atoms with van der Waals surface area (Å²) in [5, 5.41) is 8.97. The fraction of sp³-hybridized carbons (Fsp3) is 0.600. The van der Waals surface area contributed by atoms with Gasteiger partial charge in [-0.1, -0.05) is 0 Å². The van der Waals surface area contributed by atoms with Gasteiger partial charge in [0.1, 0.15) is 0 Å². The number of carboxylic acids is 1. The van der Waals surface area contributed by atoms with Gasteiger partial charge >= 0.3 is 5.97 Å². The predicted molar refractivity (Wildman–Crippen MR) is 54.9 cm³/mol. The van der Waals surface area contributed by atoms with Crippen molar-refractivity contribution in [1.82, 2.24) is 14.5 Å². The standard InChI is InChI=1S/C10H15N3O2/c1-6-8-7(4-5-12(6)2)13(3)9(11-8)10(14)15/h6H,4-5H2,1-3H3,(H,14,15). The molecule has 0 bridgehead atoms. The van der Waals surface area contributed by atoms with Crippen LogP contribution in [0.3, 0.4) is 0 Å². The molecule has 1 aromatic heterocycles. The van der Waals surface area contributed by atoms with E-state index in [1.54, 1.807) is 11.6 Å². The molecule has 1 aliphatic heterocycles. The van der Waals surface area contributed by atoms with Crippen LogP contribution in [0.15, 0.2) is 0 Å². The number of hydrogen-bond acceptors (Lipinski definition) is 3. The van der Waals surface area contributed by atoms with E-state index in [-0.39, 0.29) is 11.9 Å². The molecular weight excluding hydrogens is 194 g/mol. The molecule has 1 N–H and O–H groups in total. The lowest BCUT2D eigenvalue weighted by Crippen LogP contribution is -2.31.